The van der Waals surface area contributed by atoms with Crippen molar-refractivity contribution in [3.63, 3.8) is 0 Å². The van der Waals surface area contributed by atoms with Crippen LogP contribution in [0.2, 0.25) is 0 Å². The van der Waals surface area contributed by atoms with E-state index in [9.17, 15) is 0 Å². The van der Waals surface area contributed by atoms with Crippen LogP contribution in [0, 0.1) is 0 Å². The molecule has 12 aromatic carbocycles. The molecule has 2 aliphatic rings. The van der Waals surface area contributed by atoms with E-state index in [2.05, 4.69) is 363 Å². The first kappa shape index (κ1) is 73.0. The van der Waals surface area contributed by atoms with Gasteiger partial charge in [-0.1, -0.05) is 307 Å². The van der Waals surface area contributed by atoms with Gasteiger partial charge in [0.25, 0.3) is 6.71 Å². The van der Waals surface area contributed by atoms with E-state index >= 15 is 0 Å². The van der Waals surface area contributed by atoms with Crippen molar-refractivity contribution in [3.8, 4) is 84.9 Å². The Morgan fingerprint density at radius 3 is 1.06 bits per heavy atom. The number of anilines is 6. The molecular weight excluding hydrogens is 1360 g/mol. The Hall–Kier alpha value is -11.8. The van der Waals surface area contributed by atoms with Crippen LogP contribution >= 0.6 is 0 Å². The van der Waals surface area contributed by atoms with E-state index in [-0.39, 0.29) is 39.2 Å². The van der Waals surface area contributed by atoms with Crippen molar-refractivity contribution in [1.82, 2.24) is 29.5 Å². The molecule has 0 aliphatic carbocycles. The Labute approximate surface area is 662 Å². The molecule has 0 spiro atoms. The Morgan fingerprint density at radius 1 is 0.241 bits per heavy atom. The van der Waals surface area contributed by atoms with Gasteiger partial charge in [-0.05, 0) is 184 Å². The van der Waals surface area contributed by atoms with Gasteiger partial charge in [-0.15, -0.1) is 0 Å². The number of rotatable bonds is 10. The summed E-state index contributed by atoms with van der Waals surface area (Å²) in [4.78, 5) is 32.4. The molecule has 5 heterocycles. The summed E-state index contributed by atoms with van der Waals surface area (Å²) in [7, 11) is 0. The molecule has 0 amide bonds. The van der Waals surface area contributed by atoms with Crippen LogP contribution in [0.5, 0.6) is 0 Å². The molecule has 554 valence electrons. The molecule has 2 aliphatic heterocycles. The molecule has 17 rings (SSSR count). The Bertz CT molecular complexity index is 5850. The number of hydrogen-bond donors (Lipinski definition) is 0. The number of para-hydroxylation sites is 1. The average Bonchev–Trinajstić information content (AvgIpc) is 0.805. The Kier molecular flexibility index (Phi) is 17.6. The zero-order valence-corrected chi connectivity index (χ0v) is 68.1. The summed E-state index contributed by atoms with van der Waals surface area (Å²) in [5.41, 5.74) is 30.1. The van der Waals surface area contributed by atoms with E-state index in [4.69, 9.17) is 24.9 Å². The first-order chi connectivity index (χ1) is 53.3. The van der Waals surface area contributed by atoms with Crippen molar-refractivity contribution in [2.45, 2.75) is 157 Å². The number of benzene rings is 12. The van der Waals surface area contributed by atoms with E-state index in [0.29, 0.717) is 23.3 Å². The zero-order valence-electron chi connectivity index (χ0n) is 68.1. The maximum Gasteiger partial charge on any atom is 0.252 e. The van der Waals surface area contributed by atoms with Crippen LogP contribution in [-0.2, 0) is 32.5 Å². The predicted molar refractivity (Wildman–Crippen MR) is 474 cm³/mol. The summed E-state index contributed by atoms with van der Waals surface area (Å²) in [5.74, 6) is 2.23. The monoisotopic (exact) mass is 1460 g/mol. The highest BCUT2D eigenvalue weighted by Gasteiger charge is 2.45. The molecular formula is C103H99BN8. The van der Waals surface area contributed by atoms with E-state index < -0.39 is 0 Å². The third-order valence-electron chi connectivity index (χ3n) is 22.9. The lowest BCUT2D eigenvalue weighted by atomic mass is 9.33. The topological polar surface area (TPSA) is 75.9 Å². The fourth-order valence-corrected chi connectivity index (χ4v) is 16.3. The van der Waals surface area contributed by atoms with Crippen LogP contribution in [0.25, 0.3) is 107 Å². The van der Waals surface area contributed by atoms with Crippen molar-refractivity contribution in [1.29, 1.82) is 0 Å². The maximum absolute atomic E-state index is 5.51. The molecule has 3 aromatic heterocycles. The number of hydrogen-bond acceptors (Lipinski definition) is 7. The van der Waals surface area contributed by atoms with Gasteiger partial charge in [0.15, 0.2) is 23.3 Å². The molecule has 0 fully saturated rings. The third kappa shape index (κ3) is 13.4. The molecule has 0 radical (unpaired) electrons. The summed E-state index contributed by atoms with van der Waals surface area (Å²) in [5, 5.41) is 2.22. The molecule has 9 heteroatoms. The first-order valence-corrected chi connectivity index (χ1v) is 39.7. The van der Waals surface area contributed by atoms with Gasteiger partial charge in [-0.3, -0.25) is 0 Å². The highest BCUT2D eigenvalue weighted by molar-refractivity contribution is 7.00. The predicted octanol–water partition coefficient (Wildman–Crippen LogP) is 25.3. The lowest BCUT2D eigenvalue weighted by molar-refractivity contribution is 0.568. The SMILES string of the molecule is CC(C)(C)c1cc(N2c3cc(C(C)(C)C)ccc3B3c4ccc(C(C)(C)C)cc4N(c4cc(C(C)(C)C)cc(C(C)(C)C)c4)c4cc(-c5ccc6c(c5)c5ccccc5n6-c5ccc(-c6nc(-c7ccccc7)cc(-c7ccccc7)n6)cc5-c5nc(-c6ccccc6)nc(-c6ccccc6)n5)cc2c43)cc(C(C)(C)C)c1. The second-order valence-electron chi connectivity index (χ2n) is 37.2. The Morgan fingerprint density at radius 2 is 0.625 bits per heavy atom. The lowest BCUT2D eigenvalue weighted by Gasteiger charge is -2.46. The van der Waals surface area contributed by atoms with Crippen molar-refractivity contribution in [2.24, 2.45) is 0 Å². The summed E-state index contributed by atoms with van der Waals surface area (Å²) >= 11 is 0. The molecule has 0 atom stereocenters. The van der Waals surface area contributed by atoms with E-state index in [0.717, 1.165) is 94.8 Å². The van der Waals surface area contributed by atoms with Gasteiger partial charge in [0, 0.05) is 78.3 Å². The molecule has 112 heavy (non-hydrogen) atoms. The molecule has 8 nitrogen and oxygen atoms in total. The molecule has 15 aromatic rings. The molecule has 0 bridgehead atoms. The van der Waals surface area contributed by atoms with Gasteiger partial charge in [0.2, 0.25) is 0 Å². The normalized spacial score (nSPS) is 13.2. The van der Waals surface area contributed by atoms with Crippen LogP contribution in [0.1, 0.15) is 158 Å². The van der Waals surface area contributed by atoms with E-state index in [1.165, 1.54) is 72.5 Å². The second-order valence-corrected chi connectivity index (χ2v) is 37.2. The largest absolute Gasteiger partial charge is 0.311 e. The Balaban J connectivity index is 0.956. The molecule has 0 saturated carbocycles. The van der Waals surface area contributed by atoms with E-state index in [1.807, 2.05) is 48.5 Å². The minimum Gasteiger partial charge on any atom is -0.311 e. The van der Waals surface area contributed by atoms with Crippen LogP contribution in [-0.4, -0.2) is 36.2 Å². The van der Waals surface area contributed by atoms with Gasteiger partial charge in [0.05, 0.1) is 28.1 Å². The number of nitrogens with zero attached hydrogens (tertiary/aromatic N) is 8. The van der Waals surface area contributed by atoms with Crippen LogP contribution in [0.15, 0.2) is 273 Å². The highest BCUT2D eigenvalue weighted by atomic mass is 15.2. The zero-order chi connectivity index (χ0) is 78.3. The van der Waals surface area contributed by atoms with E-state index in [1.54, 1.807) is 0 Å². The average molecular weight is 1460 g/mol. The molecule has 0 saturated heterocycles. The summed E-state index contributed by atoms with van der Waals surface area (Å²) < 4.78 is 2.42. The minimum absolute atomic E-state index is 0.108. The highest BCUT2D eigenvalue weighted by Crippen LogP contribution is 2.51. The summed E-state index contributed by atoms with van der Waals surface area (Å²) in [6.45, 7) is 42.3. The fourth-order valence-electron chi connectivity index (χ4n) is 16.3. The van der Waals surface area contributed by atoms with Crippen molar-refractivity contribution >= 4 is 79.0 Å². The number of fused-ring (bicyclic) bond motifs is 7. The second kappa shape index (κ2) is 27.0. The third-order valence-corrected chi connectivity index (χ3v) is 22.9. The smallest absolute Gasteiger partial charge is 0.252 e. The summed E-state index contributed by atoms with van der Waals surface area (Å²) in [6.07, 6.45) is 0. The van der Waals surface area contributed by atoms with Crippen LogP contribution in [0.3, 0.4) is 0 Å². The van der Waals surface area contributed by atoms with Gasteiger partial charge >= 0.3 is 0 Å². The molecule has 0 unspecified atom stereocenters. The van der Waals surface area contributed by atoms with Gasteiger partial charge in [-0.2, -0.15) is 0 Å². The van der Waals surface area contributed by atoms with Crippen molar-refractivity contribution in [3.05, 3.63) is 306 Å². The molecule has 0 N–H and O–H groups in total. The fraction of sp³-hybridized carbons (Fsp3) is 0.233. The summed E-state index contributed by atoms with van der Waals surface area (Å²) in [6, 6.07) is 101. The minimum atomic E-state index is -0.149. The van der Waals surface area contributed by atoms with Crippen molar-refractivity contribution in [2.75, 3.05) is 9.80 Å². The quantitative estimate of drug-likeness (QED) is 0.126. The maximum atomic E-state index is 5.51. The van der Waals surface area contributed by atoms with Gasteiger partial charge < -0.3 is 14.4 Å². The number of aromatic nitrogens is 6. The van der Waals surface area contributed by atoms with Crippen LogP contribution in [0.4, 0.5) is 34.1 Å². The van der Waals surface area contributed by atoms with Crippen LogP contribution < -0.4 is 26.2 Å². The lowest BCUT2D eigenvalue weighted by Crippen LogP contribution is -2.61. The standard InChI is InChI=1S/C103H99BN8/c1-98(2,3)71-45-47-82-89(61-71)110(77-57-73(100(7,8)9)55-74(58-77)101(10,11)12)91-53-70(54-92-93(91)104(82)83-48-46-72(99(4,5)6)62-90(83)111(92)78-59-75(102(13,14)15)56-76(60-78)103(16,17)18)68-43-49-87-80(51-68)79-41-31-32-42-86(79)112(87)88-50-44-69(96-105-84(64-33-23-19-24-34-64)63-85(106-96)65-35-25-20-26-36-65)52-81(88)97-108-94(66-37-27-21-28-38-66)107-95(109-97)67-39-29-22-30-40-67/h19-63H,1-18H3. The van der Waals surface area contributed by atoms with Gasteiger partial charge in [-0.25, -0.2) is 24.9 Å². The first-order valence-electron chi connectivity index (χ1n) is 39.7. The van der Waals surface area contributed by atoms with Gasteiger partial charge in [0.1, 0.15) is 0 Å². The van der Waals surface area contributed by atoms with Crippen molar-refractivity contribution < 1.29 is 0 Å².